The van der Waals surface area contributed by atoms with Crippen LogP contribution in [0.3, 0.4) is 0 Å². The minimum Gasteiger partial charge on any atom is -0.321 e. The van der Waals surface area contributed by atoms with E-state index in [1.54, 1.807) is 42.7 Å². The fraction of sp³-hybridized carbons (Fsp3) is 0. The number of aromatic amines is 1. The van der Waals surface area contributed by atoms with Crippen LogP contribution in [-0.2, 0) is 0 Å². The smallest absolute Gasteiger partial charge is 0.273 e. The zero-order valence-electron chi connectivity index (χ0n) is 10.9. The van der Waals surface area contributed by atoms with E-state index in [1.807, 2.05) is 12.1 Å². The van der Waals surface area contributed by atoms with Gasteiger partial charge in [0.05, 0.1) is 5.69 Å². The largest absolute Gasteiger partial charge is 0.321 e. The topological polar surface area (TPSA) is 70.7 Å². The van der Waals surface area contributed by atoms with Crippen molar-refractivity contribution in [1.29, 1.82) is 0 Å². The Hall–Kier alpha value is -2.66. The van der Waals surface area contributed by atoms with Crippen LogP contribution >= 0.6 is 11.6 Å². The lowest BCUT2D eigenvalue weighted by molar-refractivity contribution is 0.102. The number of nitrogens with zero attached hydrogens (tertiary/aromatic N) is 2. The van der Waals surface area contributed by atoms with Crippen molar-refractivity contribution in [3.05, 3.63) is 65.6 Å². The van der Waals surface area contributed by atoms with Gasteiger partial charge in [-0.05, 0) is 42.5 Å². The number of carbonyl (C=O) groups is 1. The highest BCUT2D eigenvalue weighted by Crippen LogP contribution is 2.18. The fourth-order valence-corrected chi connectivity index (χ4v) is 1.97. The van der Waals surface area contributed by atoms with Gasteiger partial charge in [0.1, 0.15) is 5.69 Å². The number of hydrogen-bond acceptors (Lipinski definition) is 3. The van der Waals surface area contributed by atoms with E-state index < -0.39 is 0 Å². The van der Waals surface area contributed by atoms with Gasteiger partial charge in [0.15, 0.2) is 0 Å². The third-order valence-corrected chi connectivity index (χ3v) is 3.15. The molecule has 0 spiro atoms. The predicted molar refractivity (Wildman–Crippen MR) is 81.2 cm³/mol. The van der Waals surface area contributed by atoms with Crippen LogP contribution in [0, 0.1) is 0 Å². The second-order valence-corrected chi connectivity index (χ2v) is 4.80. The van der Waals surface area contributed by atoms with Crippen molar-refractivity contribution >= 4 is 23.2 Å². The highest BCUT2D eigenvalue weighted by Gasteiger charge is 2.11. The molecule has 6 heteroatoms. The molecule has 0 atom stereocenters. The average Bonchev–Trinajstić information content (AvgIpc) is 3.00. The maximum absolute atomic E-state index is 12.1. The molecule has 2 aromatic heterocycles. The first kappa shape index (κ1) is 13.3. The molecule has 0 saturated carbocycles. The van der Waals surface area contributed by atoms with E-state index in [1.165, 1.54) is 0 Å². The Kier molecular flexibility index (Phi) is 3.66. The molecule has 104 valence electrons. The highest BCUT2D eigenvalue weighted by atomic mass is 35.5. The number of rotatable bonds is 3. The van der Waals surface area contributed by atoms with Gasteiger partial charge in [-0.15, -0.1) is 0 Å². The molecule has 2 heterocycles. The third kappa shape index (κ3) is 3.09. The summed E-state index contributed by atoms with van der Waals surface area (Å²) in [5, 5.41) is 10.2. The van der Waals surface area contributed by atoms with Gasteiger partial charge in [0.2, 0.25) is 0 Å². The molecule has 1 amide bonds. The van der Waals surface area contributed by atoms with Crippen molar-refractivity contribution in [2.75, 3.05) is 5.32 Å². The minimum atomic E-state index is -0.259. The molecular weight excluding hydrogens is 288 g/mol. The van der Waals surface area contributed by atoms with E-state index in [2.05, 4.69) is 20.5 Å². The summed E-state index contributed by atoms with van der Waals surface area (Å²) >= 11 is 5.80. The standard InChI is InChI=1S/C15H11ClN4O/c16-11-1-3-12(4-2-11)18-15(21)14-9-13(19-20-14)10-5-7-17-8-6-10/h1-9H,(H,18,21)(H,19,20). The number of H-pyrrole nitrogens is 1. The van der Waals surface area contributed by atoms with E-state index in [0.717, 1.165) is 5.56 Å². The van der Waals surface area contributed by atoms with Crippen LogP contribution in [0.5, 0.6) is 0 Å². The van der Waals surface area contributed by atoms with E-state index in [0.29, 0.717) is 22.1 Å². The van der Waals surface area contributed by atoms with E-state index in [4.69, 9.17) is 11.6 Å². The zero-order chi connectivity index (χ0) is 14.7. The van der Waals surface area contributed by atoms with Gasteiger partial charge < -0.3 is 5.32 Å². The number of halogens is 1. The van der Waals surface area contributed by atoms with Crippen LogP contribution in [0.15, 0.2) is 54.9 Å². The molecule has 21 heavy (non-hydrogen) atoms. The molecule has 1 aromatic carbocycles. The lowest BCUT2D eigenvalue weighted by atomic mass is 10.2. The van der Waals surface area contributed by atoms with Crippen molar-refractivity contribution in [2.45, 2.75) is 0 Å². The van der Waals surface area contributed by atoms with Crippen LogP contribution in [0.2, 0.25) is 5.02 Å². The second kappa shape index (κ2) is 5.76. The first-order chi connectivity index (χ1) is 10.2. The quantitative estimate of drug-likeness (QED) is 0.778. The first-order valence-corrected chi connectivity index (χ1v) is 6.63. The third-order valence-electron chi connectivity index (χ3n) is 2.90. The van der Waals surface area contributed by atoms with Gasteiger partial charge in [0.25, 0.3) is 5.91 Å². The maximum Gasteiger partial charge on any atom is 0.273 e. The highest BCUT2D eigenvalue weighted by molar-refractivity contribution is 6.30. The molecule has 0 aliphatic carbocycles. The van der Waals surface area contributed by atoms with Gasteiger partial charge in [0, 0.05) is 28.7 Å². The number of pyridine rings is 1. The molecule has 0 fully saturated rings. The van der Waals surface area contributed by atoms with E-state index in [-0.39, 0.29) is 5.91 Å². The Bertz CT molecular complexity index is 753. The normalized spacial score (nSPS) is 10.3. The van der Waals surface area contributed by atoms with Crippen LogP contribution < -0.4 is 5.32 Å². The lowest BCUT2D eigenvalue weighted by Gasteiger charge is -2.02. The van der Waals surface area contributed by atoms with Crippen LogP contribution in [0.4, 0.5) is 5.69 Å². The lowest BCUT2D eigenvalue weighted by Crippen LogP contribution is -2.12. The number of nitrogens with one attached hydrogen (secondary N) is 2. The molecule has 0 radical (unpaired) electrons. The Morgan fingerprint density at radius 1 is 1.10 bits per heavy atom. The molecule has 0 unspecified atom stereocenters. The number of aromatic nitrogens is 3. The Morgan fingerprint density at radius 2 is 1.81 bits per heavy atom. The summed E-state index contributed by atoms with van der Waals surface area (Å²) in [6, 6.07) is 12.3. The number of anilines is 1. The van der Waals surface area contributed by atoms with Gasteiger partial charge in [-0.3, -0.25) is 14.9 Å². The van der Waals surface area contributed by atoms with Crippen LogP contribution in [0.25, 0.3) is 11.3 Å². The SMILES string of the molecule is O=C(Nc1ccc(Cl)cc1)c1cc(-c2ccncc2)n[nH]1. The molecule has 3 aromatic rings. The van der Waals surface area contributed by atoms with Crippen LogP contribution in [0.1, 0.15) is 10.5 Å². The predicted octanol–water partition coefficient (Wildman–Crippen LogP) is 3.38. The Balaban J connectivity index is 1.77. The molecule has 5 nitrogen and oxygen atoms in total. The van der Waals surface area contributed by atoms with E-state index >= 15 is 0 Å². The van der Waals surface area contributed by atoms with Gasteiger partial charge >= 0.3 is 0 Å². The monoisotopic (exact) mass is 298 g/mol. The summed E-state index contributed by atoms with van der Waals surface area (Å²) < 4.78 is 0. The second-order valence-electron chi connectivity index (χ2n) is 4.36. The zero-order valence-corrected chi connectivity index (χ0v) is 11.6. The van der Waals surface area contributed by atoms with Crippen molar-refractivity contribution in [2.24, 2.45) is 0 Å². The summed E-state index contributed by atoms with van der Waals surface area (Å²) in [5.74, 6) is -0.259. The molecule has 2 N–H and O–H groups in total. The summed E-state index contributed by atoms with van der Waals surface area (Å²) in [4.78, 5) is 16.1. The summed E-state index contributed by atoms with van der Waals surface area (Å²) in [6.45, 7) is 0. The van der Waals surface area contributed by atoms with Gasteiger partial charge in [-0.25, -0.2) is 0 Å². The average molecular weight is 299 g/mol. The number of hydrogen-bond donors (Lipinski definition) is 2. The summed E-state index contributed by atoms with van der Waals surface area (Å²) in [6.07, 6.45) is 3.36. The first-order valence-electron chi connectivity index (χ1n) is 6.25. The number of carbonyl (C=O) groups excluding carboxylic acids is 1. The van der Waals surface area contributed by atoms with Crippen molar-refractivity contribution < 1.29 is 4.79 Å². The molecule has 0 bridgehead atoms. The van der Waals surface area contributed by atoms with Crippen molar-refractivity contribution in [3.8, 4) is 11.3 Å². The summed E-state index contributed by atoms with van der Waals surface area (Å²) in [7, 11) is 0. The molecule has 3 rings (SSSR count). The Morgan fingerprint density at radius 3 is 2.52 bits per heavy atom. The number of benzene rings is 1. The molecule has 0 saturated heterocycles. The molecular formula is C15H11ClN4O. The fourth-order valence-electron chi connectivity index (χ4n) is 1.84. The van der Waals surface area contributed by atoms with Gasteiger partial charge in [-0.2, -0.15) is 5.10 Å². The molecule has 0 aliphatic heterocycles. The van der Waals surface area contributed by atoms with Crippen molar-refractivity contribution in [3.63, 3.8) is 0 Å². The van der Waals surface area contributed by atoms with Gasteiger partial charge in [-0.1, -0.05) is 11.6 Å². The van der Waals surface area contributed by atoms with Crippen molar-refractivity contribution in [1.82, 2.24) is 15.2 Å². The summed E-state index contributed by atoms with van der Waals surface area (Å²) in [5.41, 5.74) is 2.65. The maximum atomic E-state index is 12.1. The van der Waals surface area contributed by atoms with Crippen LogP contribution in [-0.4, -0.2) is 21.1 Å². The number of amides is 1. The minimum absolute atomic E-state index is 0.259. The molecule has 0 aliphatic rings. The Labute approximate surface area is 126 Å². The van der Waals surface area contributed by atoms with E-state index in [9.17, 15) is 4.79 Å².